The quantitative estimate of drug-likeness (QED) is 0.856. The Morgan fingerprint density at radius 3 is 1.95 bits per heavy atom. The zero-order valence-electron chi connectivity index (χ0n) is 11.1. The van der Waals surface area contributed by atoms with E-state index in [1.165, 1.54) is 17.2 Å². The van der Waals surface area contributed by atoms with Gasteiger partial charge in [0.1, 0.15) is 0 Å². The van der Waals surface area contributed by atoms with Gasteiger partial charge in [-0.2, -0.15) is 0 Å². The summed E-state index contributed by atoms with van der Waals surface area (Å²) < 4.78 is 0. The number of carbonyl (C=O) groups is 1. The average Bonchev–Trinajstić information content (AvgIpc) is 3.23. The third-order valence-corrected chi connectivity index (χ3v) is 4.06. The molecule has 0 heterocycles. The first-order valence-corrected chi connectivity index (χ1v) is 6.75. The van der Waals surface area contributed by atoms with Crippen molar-refractivity contribution in [2.75, 3.05) is 0 Å². The molecule has 0 bridgehead atoms. The number of carboxylic acid groups (broad SMARTS) is 1. The van der Waals surface area contributed by atoms with Gasteiger partial charge in [-0.1, -0.05) is 66.7 Å². The Hall–Kier alpha value is -2.35. The van der Waals surface area contributed by atoms with Crippen LogP contribution in [-0.2, 0) is 10.2 Å². The normalized spacial score (nSPS) is 19.9. The molecule has 1 N–H and O–H groups in total. The van der Waals surface area contributed by atoms with E-state index in [4.69, 9.17) is 5.11 Å². The van der Waals surface area contributed by atoms with Crippen molar-refractivity contribution in [3.05, 3.63) is 83.9 Å². The molecule has 0 amide bonds. The number of benzene rings is 2. The summed E-state index contributed by atoms with van der Waals surface area (Å²) in [7, 11) is 0. The van der Waals surface area contributed by atoms with Crippen molar-refractivity contribution < 1.29 is 9.90 Å². The van der Waals surface area contributed by atoms with Crippen molar-refractivity contribution in [3.63, 3.8) is 0 Å². The van der Waals surface area contributed by atoms with Gasteiger partial charge >= 0.3 is 5.97 Å². The van der Waals surface area contributed by atoms with Gasteiger partial charge < -0.3 is 5.11 Å². The zero-order valence-corrected chi connectivity index (χ0v) is 11.1. The van der Waals surface area contributed by atoms with E-state index in [0.29, 0.717) is 0 Å². The molecule has 1 fully saturated rings. The van der Waals surface area contributed by atoms with E-state index >= 15 is 0 Å². The van der Waals surface area contributed by atoms with Gasteiger partial charge in [-0.3, -0.25) is 0 Å². The third kappa shape index (κ3) is 2.14. The number of aliphatic carboxylic acids is 1. The molecule has 2 heteroatoms. The highest BCUT2D eigenvalue weighted by atomic mass is 16.4. The Kier molecular flexibility index (Phi) is 3.15. The third-order valence-electron chi connectivity index (χ3n) is 4.06. The van der Waals surface area contributed by atoms with Crippen LogP contribution in [0.25, 0.3) is 0 Å². The van der Waals surface area contributed by atoms with Crippen molar-refractivity contribution in [2.45, 2.75) is 11.8 Å². The van der Waals surface area contributed by atoms with Gasteiger partial charge in [-0.15, -0.1) is 0 Å². The van der Waals surface area contributed by atoms with Crippen LogP contribution in [0.4, 0.5) is 0 Å². The second kappa shape index (κ2) is 4.97. The Labute approximate surface area is 118 Å². The van der Waals surface area contributed by atoms with E-state index in [9.17, 15) is 4.79 Å². The molecule has 2 nitrogen and oxygen atoms in total. The molecule has 0 unspecified atom stereocenters. The monoisotopic (exact) mass is 264 g/mol. The second-order valence-corrected chi connectivity index (χ2v) is 5.21. The lowest BCUT2D eigenvalue weighted by Gasteiger charge is -2.18. The van der Waals surface area contributed by atoms with Gasteiger partial charge in [0.2, 0.25) is 0 Å². The number of rotatable bonds is 4. The Bertz CT molecular complexity index is 589. The van der Waals surface area contributed by atoms with Crippen molar-refractivity contribution in [2.24, 2.45) is 5.92 Å². The molecule has 1 saturated carbocycles. The molecule has 1 aliphatic carbocycles. The van der Waals surface area contributed by atoms with Crippen LogP contribution in [0.15, 0.2) is 72.8 Å². The molecule has 1 atom stereocenters. The molecule has 0 saturated heterocycles. The second-order valence-electron chi connectivity index (χ2n) is 5.21. The lowest BCUT2D eigenvalue weighted by molar-refractivity contribution is -0.131. The van der Waals surface area contributed by atoms with E-state index in [1.807, 2.05) is 42.5 Å². The van der Waals surface area contributed by atoms with Crippen molar-refractivity contribution in [1.29, 1.82) is 0 Å². The maximum Gasteiger partial charge on any atom is 0.327 e. The molecule has 1 aliphatic rings. The van der Waals surface area contributed by atoms with Gasteiger partial charge in [0.25, 0.3) is 0 Å². The van der Waals surface area contributed by atoms with Crippen molar-refractivity contribution >= 4 is 5.97 Å². The van der Waals surface area contributed by atoms with E-state index < -0.39 is 5.97 Å². The number of hydrogen-bond acceptors (Lipinski definition) is 1. The van der Waals surface area contributed by atoms with Gasteiger partial charge in [-0.25, -0.2) is 4.79 Å². The first-order chi connectivity index (χ1) is 9.73. The van der Waals surface area contributed by atoms with Crippen LogP contribution < -0.4 is 0 Å². The highest BCUT2D eigenvalue weighted by Crippen LogP contribution is 2.59. The lowest BCUT2D eigenvalue weighted by Crippen LogP contribution is -2.11. The molecule has 3 rings (SSSR count). The minimum Gasteiger partial charge on any atom is -0.478 e. The van der Waals surface area contributed by atoms with E-state index in [0.717, 1.165) is 6.42 Å². The average molecular weight is 264 g/mol. The van der Waals surface area contributed by atoms with Crippen LogP contribution in [0.2, 0.25) is 0 Å². The molecule has 0 aliphatic heterocycles. The molecular formula is C18H16O2. The van der Waals surface area contributed by atoms with E-state index in [-0.39, 0.29) is 11.3 Å². The topological polar surface area (TPSA) is 37.3 Å². The van der Waals surface area contributed by atoms with Crippen LogP contribution in [-0.4, -0.2) is 11.1 Å². The highest BCUT2D eigenvalue weighted by molar-refractivity contribution is 5.80. The molecular weight excluding hydrogens is 248 g/mol. The summed E-state index contributed by atoms with van der Waals surface area (Å²) in [5.41, 5.74) is 2.45. The molecule has 2 aromatic rings. The van der Waals surface area contributed by atoms with Crippen LogP contribution in [0.5, 0.6) is 0 Å². The van der Waals surface area contributed by atoms with E-state index in [1.54, 1.807) is 0 Å². The minimum absolute atomic E-state index is 0.0610. The predicted octanol–water partition coefficient (Wildman–Crippen LogP) is 3.63. The molecule has 0 radical (unpaired) electrons. The molecule has 0 spiro atoms. The first kappa shape index (κ1) is 12.7. The standard InChI is InChI=1S/C18H16O2/c19-17(20)12-11-16-13-18(16,14-7-3-1-4-8-14)15-9-5-2-6-10-15/h1-12,16H,13H2,(H,19,20)/t16-/m0/s1. The fourth-order valence-corrected chi connectivity index (χ4v) is 3.02. The van der Waals surface area contributed by atoms with Gasteiger partial charge in [-0.05, 0) is 23.5 Å². The maximum atomic E-state index is 10.7. The summed E-state index contributed by atoms with van der Waals surface area (Å²) in [4.78, 5) is 10.7. The Morgan fingerprint density at radius 1 is 1.00 bits per heavy atom. The summed E-state index contributed by atoms with van der Waals surface area (Å²) >= 11 is 0. The van der Waals surface area contributed by atoms with Crippen LogP contribution in [0, 0.1) is 5.92 Å². The summed E-state index contributed by atoms with van der Waals surface area (Å²) in [5, 5.41) is 8.81. The molecule has 20 heavy (non-hydrogen) atoms. The summed E-state index contributed by atoms with van der Waals surface area (Å²) in [6.45, 7) is 0. The van der Waals surface area contributed by atoms with Crippen molar-refractivity contribution in [1.82, 2.24) is 0 Å². The van der Waals surface area contributed by atoms with E-state index in [2.05, 4.69) is 24.3 Å². The predicted molar refractivity (Wildman–Crippen MR) is 78.5 cm³/mol. The minimum atomic E-state index is -0.882. The van der Waals surface area contributed by atoms with Gasteiger partial charge in [0.05, 0.1) is 0 Å². The summed E-state index contributed by atoms with van der Waals surface area (Å²) in [6.07, 6.45) is 4.05. The van der Waals surface area contributed by atoms with Crippen LogP contribution >= 0.6 is 0 Å². The number of carboxylic acids is 1. The molecule has 100 valence electrons. The van der Waals surface area contributed by atoms with Gasteiger partial charge in [0, 0.05) is 11.5 Å². The summed E-state index contributed by atoms with van der Waals surface area (Å²) in [6, 6.07) is 20.7. The SMILES string of the molecule is O=C(O)C=C[C@H]1CC1(c1ccccc1)c1ccccc1. The maximum absolute atomic E-state index is 10.7. The largest absolute Gasteiger partial charge is 0.478 e. The number of hydrogen-bond donors (Lipinski definition) is 1. The zero-order chi connectivity index (χ0) is 14.0. The first-order valence-electron chi connectivity index (χ1n) is 6.75. The fourth-order valence-electron chi connectivity index (χ4n) is 3.02. The van der Waals surface area contributed by atoms with Crippen LogP contribution in [0.3, 0.4) is 0 Å². The number of allylic oxidation sites excluding steroid dienone is 1. The highest BCUT2D eigenvalue weighted by Gasteiger charge is 2.54. The fraction of sp³-hybridized carbons (Fsp3) is 0.167. The summed E-state index contributed by atoms with van der Waals surface area (Å²) in [5.74, 6) is -0.629. The Balaban J connectivity index is 2.01. The molecule has 0 aromatic heterocycles. The lowest BCUT2D eigenvalue weighted by atomic mass is 9.85. The van der Waals surface area contributed by atoms with Gasteiger partial charge in [0.15, 0.2) is 0 Å². The Morgan fingerprint density at radius 2 is 1.50 bits per heavy atom. The molecule has 2 aromatic carbocycles. The van der Waals surface area contributed by atoms with Crippen LogP contribution in [0.1, 0.15) is 17.5 Å². The van der Waals surface area contributed by atoms with Crippen molar-refractivity contribution in [3.8, 4) is 0 Å². The smallest absolute Gasteiger partial charge is 0.327 e.